The lowest BCUT2D eigenvalue weighted by Gasteiger charge is -2.40. The Hall–Kier alpha value is -1.88. The number of hydrogen-bond donors (Lipinski definition) is 1. The van der Waals surface area contributed by atoms with Crippen molar-refractivity contribution in [2.24, 2.45) is 11.1 Å². The monoisotopic (exact) mass is 278 g/mol. The lowest BCUT2D eigenvalue weighted by atomic mass is 9.76. The zero-order chi connectivity index (χ0) is 15.3. The van der Waals surface area contributed by atoms with E-state index >= 15 is 0 Å². The molecule has 0 heterocycles. The number of nitrogens with two attached hydrogens (primary N) is 1. The molecule has 5 nitrogen and oxygen atoms in total. The van der Waals surface area contributed by atoms with Gasteiger partial charge in [-0.15, -0.1) is 0 Å². The Kier molecular flexibility index (Phi) is 5.27. The summed E-state index contributed by atoms with van der Waals surface area (Å²) in [7, 11) is 3.63. The third-order valence-corrected chi connectivity index (χ3v) is 3.46. The van der Waals surface area contributed by atoms with Crippen LogP contribution in [0.1, 0.15) is 25.5 Å². The van der Waals surface area contributed by atoms with Gasteiger partial charge in [0, 0.05) is 5.41 Å². The van der Waals surface area contributed by atoms with Crippen LogP contribution in [-0.4, -0.2) is 37.4 Å². The van der Waals surface area contributed by atoms with Crippen molar-refractivity contribution in [2.75, 3.05) is 14.1 Å². The summed E-state index contributed by atoms with van der Waals surface area (Å²) in [6, 6.07) is 8.88. The number of carbonyl (C=O) groups is 2. The number of primary amides is 1. The van der Waals surface area contributed by atoms with E-state index in [0.717, 1.165) is 11.8 Å². The molecular formula is C15H22N2O3. The van der Waals surface area contributed by atoms with E-state index in [9.17, 15) is 9.59 Å². The molecule has 110 valence electrons. The van der Waals surface area contributed by atoms with Gasteiger partial charge in [0.05, 0.1) is 6.04 Å². The van der Waals surface area contributed by atoms with Crippen LogP contribution in [0.25, 0.3) is 0 Å². The van der Waals surface area contributed by atoms with Gasteiger partial charge in [0.1, 0.15) is 12.4 Å². The van der Waals surface area contributed by atoms with E-state index in [1.165, 1.54) is 0 Å². The zero-order valence-corrected chi connectivity index (χ0v) is 12.4. The molecule has 5 heteroatoms. The Morgan fingerprint density at radius 1 is 1.30 bits per heavy atom. The quantitative estimate of drug-likeness (QED) is 0.808. The Morgan fingerprint density at radius 2 is 1.85 bits per heavy atom. The molecular weight excluding hydrogens is 256 g/mol. The first kappa shape index (κ1) is 16.2. The summed E-state index contributed by atoms with van der Waals surface area (Å²) < 4.78 is 5.29. The number of rotatable bonds is 6. The number of carbonyl (C=O) groups excluding carboxylic acids is 2. The van der Waals surface area contributed by atoms with Gasteiger partial charge in [-0.25, -0.2) is 4.79 Å². The highest BCUT2D eigenvalue weighted by atomic mass is 16.6. The predicted octanol–water partition coefficient (Wildman–Crippen LogP) is 1.98. The molecule has 2 unspecified atom stereocenters. The number of benzene rings is 1. The number of hydrogen-bond acceptors (Lipinski definition) is 4. The van der Waals surface area contributed by atoms with Crippen LogP contribution in [-0.2, 0) is 9.53 Å². The van der Waals surface area contributed by atoms with Crippen molar-refractivity contribution in [3.63, 3.8) is 0 Å². The number of nitrogens with zero attached hydrogens (tertiary/aromatic N) is 1. The minimum atomic E-state index is -0.852. The third-order valence-electron chi connectivity index (χ3n) is 3.46. The van der Waals surface area contributed by atoms with E-state index in [4.69, 9.17) is 10.5 Å². The number of aldehydes is 1. The molecule has 1 amide bonds. The lowest BCUT2D eigenvalue weighted by molar-refractivity contribution is -0.119. The second-order valence-electron chi connectivity index (χ2n) is 5.59. The van der Waals surface area contributed by atoms with Crippen LogP contribution in [0.4, 0.5) is 4.79 Å². The van der Waals surface area contributed by atoms with Gasteiger partial charge in [0.25, 0.3) is 0 Å². The summed E-state index contributed by atoms with van der Waals surface area (Å²) in [4.78, 5) is 24.4. The molecule has 0 aliphatic carbocycles. The molecule has 0 saturated carbocycles. The average Bonchev–Trinajstić information content (AvgIpc) is 2.36. The van der Waals surface area contributed by atoms with Crippen LogP contribution in [0, 0.1) is 5.41 Å². The molecule has 1 aromatic rings. The van der Waals surface area contributed by atoms with E-state index in [2.05, 4.69) is 0 Å². The van der Waals surface area contributed by atoms with E-state index < -0.39 is 23.7 Å². The molecule has 1 rings (SSSR count). The van der Waals surface area contributed by atoms with Crippen molar-refractivity contribution in [3.05, 3.63) is 35.9 Å². The molecule has 0 radical (unpaired) electrons. The van der Waals surface area contributed by atoms with Gasteiger partial charge < -0.3 is 15.3 Å². The highest BCUT2D eigenvalue weighted by Gasteiger charge is 2.41. The largest absolute Gasteiger partial charge is 0.441 e. The van der Waals surface area contributed by atoms with Crippen LogP contribution in [0.15, 0.2) is 30.3 Å². The van der Waals surface area contributed by atoms with Crippen molar-refractivity contribution in [1.82, 2.24) is 4.90 Å². The molecule has 0 saturated heterocycles. The Balaban J connectivity index is 3.22. The van der Waals surface area contributed by atoms with E-state index in [1.807, 2.05) is 58.3 Å². The number of likely N-dealkylation sites (N-methyl/N-ethyl adjacent to an activating group) is 1. The number of ether oxygens (including phenoxy) is 1. The van der Waals surface area contributed by atoms with E-state index in [-0.39, 0.29) is 0 Å². The summed E-state index contributed by atoms with van der Waals surface area (Å²) in [6.45, 7) is 3.76. The summed E-state index contributed by atoms with van der Waals surface area (Å²) in [5, 5.41) is 0. The van der Waals surface area contributed by atoms with Gasteiger partial charge in [-0.05, 0) is 19.7 Å². The predicted molar refractivity (Wildman–Crippen MR) is 77.2 cm³/mol. The number of amides is 1. The van der Waals surface area contributed by atoms with Crippen molar-refractivity contribution >= 4 is 12.4 Å². The van der Waals surface area contributed by atoms with Gasteiger partial charge in [-0.1, -0.05) is 44.2 Å². The maximum Gasteiger partial charge on any atom is 0.405 e. The zero-order valence-electron chi connectivity index (χ0n) is 12.4. The van der Waals surface area contributed by atoms with Crippen molar-refractivity contribution in [1.29, 1.82) is 0 Å². The first-order chi connectivity index (χ1) is 9.30. The van der Waals surface area contributed by atoms with Crippen LogP contribution in [0.3, 0.4) is 0 Å². The maximum absolute atomic E-state index is 11.4. The van der Waals surface area contributed by atoms with E-state index in [0.29, 0.717) is 0 Å². The van der Waals surface area contributed by atoms with Crippen molar-refractivity contribution in [2.45, 2.75) is 26.0 Å². The van der Waals surface area contributed by atoms with Gasteiger partial charge in [0.2, 0.25) is 0 Å². The standard InChI is InChI=1S/C15H22N2O3/c1-15(2,12(10-18)17(3)4)13(20-14(16)19)11-8-6-5-7-9-11/h5-10,12-13H,1-4H3,(H2,16,19). The van der Waals surface area contributed by atoms with Crippen molar-refractivity contribution in [3.8, 4) is 0 Å². The maximum atomic E-state index is 11.4. The molecule has 1 aromatic carbocycles. The van der Waals surface area contributed by atoms with Gasteiger partial charge in [-0.2, -0.15) is 0 Å². The van der Waals surface area contributed by atoms with Gasteiger partial charge in [-0.3, -0.25) is 4.90 Å². The first-order valence-corrected chi connectivity index (χ1v) is 6.43. The minimum Gasteiger partial charge on any atom is -0.441 e. The molecule has 0 aliphatic heterocycles. The van der Waals surface area contributed by atoms with E-state index in [1.54, 1.807) is 4.90 Å². The summed E-state index contributed by atoms with van der Waals surface area (Å²) in [6.07, 6.45) is -0.588. The summed E-state index contributed by atoms with van der Waals surface area (Å²) in [5.41, 5.74) is 5.37. The Bertz CT molecular complexity index is 457. The van der Waals surface area contributed by atoms with Crippen LogP contribution in [0.5, 0.6) is 0 Å². The molecule has 0 spiro atoms. The highest BCUT2D eigenvalue weighted by molar-refractivity contribution is 5.65. The molecule has 2 N–H and O–H groups in total. The fraction of sp³-hybridized carbons (Fsp3) is 0.467. The molecule has 20 heavy (non-hydrogen) atoms. The topological polar surface area (TPSA) is 72.6 Å². The fourth-order valence-corrected chi connectivity index (χ4v) is 2.51. The van der Waals surface area contributed by atoms with Gasteiger partial charge in [0.15, 0.2) is 0 Å². The minimum absolute atomic E-state index is 0.410. The SMILES string of the molecule is CN(C)C(C=O)C(C)(C)C(OC(N)=O)c1ccccc1. The first-order valence-electron chi connectivity index (χ1n) is 6.43. The van der Waals surface area contributed by atoms with Gasteiger partial charge >= 0.3 is 6.09 Å². The Morgan fingerprint density at radius 3 is 2.25 bits per heavy atom. The van der Waals surface area contributed by atoms with Crippen molar-refractivity contribution < 1.29 is 14.3 Å². The smallest absolute Gasteiger partial charge is 0.405 e. The van der Waals surface area contributed by atoms with Crippen LogP contribution >= 0.6 is 0 Å². The lowest BCUT2D eigenvalue weighted by Crippen LogP contribution is -2.47. The summed E-state index contributed by atoms with van der Waals surface area (Å²) >= 11 is 0. The second kappa shape index (κ2) is 6.52. The average molecular weight is 278 g/mol. The van der Waals surface area contributed by atoms with Crippen LogP contribution in [0.2, 0.25) is 0 Å². The molecule has 0 aliphatic rings. The highest BCUT2D eigenvalue weighted by Crippen LogP contribution is 2.40. The fourth-order valence-electron chi connectivity index (χ4n) is 2.51. The second-order valence-corrected chi connectivity index (χ2v) is 5.59. The molecule has 0 aromatic heterocycles. The molecule has 0 fully saturated rings. The Labute approximate surface area is 119 Å². The normalized spacial score (nSPS) is 14.7. The summed E-state index contributed by atoms with van der Waals surface area (Å²) in [5.74, 6) is 0. The molecule has 0 bridgehead atoms. The van der Waals surface area contributed by atoms with Crippen LogP contribution < -0.4 is 5.73 Å². The third kappa shape index (κ3) is 3.57. The molecule has 2 atom stereocenters.